The first-order valence-electron chi connectivity index (χ1n) is 4.04. The molecule has 64 valence electrons. The molecule has 12 heavy (non-hydrogen) atoms. The zero-order valence-corrected chi connectivity index (χ0v) is 7.90. The summed E-state index contributed by atoms with van der Waals surface area (Å²) in [6, 6.07) is 1.95. The molecule has 1 atom stereocenters. The van der Waals surface area contributed by atoms with Crippen molar-refractivity contribution >= 4 is 11.3 Å². The summed E-state index contributed by atoms with van der Waals surface area (Å²) < 4.78 is 0. The number of hydrogen-bond acceptors (Lipinski definition) is 2. The van der Waals surface area contributed by atoms with Gasteiger partial charge in [-0.3, -0.25) is 0 Å². The molecule has 1 aromatic heterocycles. The fraction of sp³-hybridized carbons (Fsp3) is 0.400. The van der Waals surface area contributed by atoms with Crippen LogP contribution in [-0.2, 0) is 0 Å². The second kappa shape index (κ2) is 4.97. The lowest BCUT2D eigenvalue weighted by atomic mass is 10.2. The van der Waals surface area contributed by atoms with Gasteiger partial charge in [-0.15, -0.1) is 0 Å². The van der Waals surface area contributed by atoms with Crippen LogP contribution in [0.3, 0.4) is 0 Å². The highest BCUT2D eigenvalue weighted by Crippen LogP contribution is 2.03. The fourth-order valence-electron chi connectivity index (χ4n) is 0.848. The highest BCUT2D eigenvalue weighted by molar-refractivity contribution is 7.08. The standard InChI is InChI=1S/C10H12OS/c1-2-3-10(11)5-4-9-6-7-12-8-9/h6-8,10-11H,2-3H2,1H3/t10-/m1/s1. The summed E-state index contributed by atoms with van der Waals surface area (Å²) in [5.41, 5.74) is 0.996. The minimum absolute atomic E-state index is 0.463. The van der Waals surface area contributed by atoms with E-state index in [-0.39, 0.29) is 0 Å². The van der Waals surface area contributed by atoms with Crippen LogP contribution in [0.5, 0.6) is 0 Å². The van der Waals surface area contributed by atoms with Crippen LogP contribution >= 0.6 is 11.3 Å². The third kappa shape index (κ3) is 3.08. The second-order valence-electron chi connectivity index (χ2n) is 2.59. The first-order chi connectivity index (χ1) is 5.83. The van der Waals surface area contributed by atoms with Crippen molar-refractivity contribution in [2.24, 2.45) is 0 Å². The van der Waals surface area contributed by atoms with Crippen LogP contribution in [0.15, 0.2) is 16.8 Å². The summed E-state index contributed by atoms with van der Waals surface area (Å²) in [6.45, 7) is 2.04. The molecule has 1 heterocycles. The van der Waals surface area contributed by atoms with Gasteiger partial charge in [-0.25, -0.2) is 0 Å². The molecule has 0 saturated heterocycles. The summed E-state index contributed by atoms with van der Waals surface area (Å²) in [7, 11) is 0. The van der Waals surface area contributed by atoms with E-state index in [1.165, 1.54) is 0 Å². The summed E-state index contributed by atoms with van der Waals surface area (Å²) >= 11 is 1.62. The normalized spacial score (nSPS) is 11.8. The van der Waals surface area contributed by atoms with E-state index in [2.05, 4.69) is 11.8 Å². The molecule has 0 fully saturated rings. The van der Waals surface area contributed by atoms with Crippen molar-refractivity contribution in [1.29, 1.82) is 0 Å². The van der Waals surface area contributed by atoms with Gasteiger partial charge in [0.1, 0.15) is 6.10 Å². The molecule has 0 saturated carbocycles. The van der Waals surface area contributed by atoms with Crippen molar-refractivity contribution in [2.75, 3.05) is 0 Å². The molecule has 1 nitrogen and oxygen atoms in total. The van der Waals surface area contributed by atoms with Crippen molar-refractivity contribution in [3.63, 3.8) is 0 Å². The Morgan fingerprint density at radius 1 is 1.67 bits per heavy atom. The van der Waals surface area contributed by atoms with Crippen LogP contribution in [-0.4, -0.2) is 11.2 Å². The molecule has 0 unspecified atom stereocenters. The van der Waals surface area contributed by atoms with E-state index in [0.717, 1.165) is 18.4 Å². The Kier molecular flexibility index (Phi) is 3.86. The van der Waals surface area contributed by atoms with Crippen LogP contribution < -0.4 is 0 Å². The van der Waals surface area contributed by atoms with E-state index >= 15 is 0 Å². The molecular formula is C10H12OS. The number of aliphatic hydroxyl groups is 1. The van der Waals surface area contributed by atoms with Crippen LogP contribution in [0.4, 0.5) is 0 Å². The average molecular weight is 180 g/mol. The molecule has 0 spiro atoms. The van der Waals surface area contributed by atoms with Crippen molar-refractivity contribution < 1.29 is 5.11 Å². The maximum absolute atomic E-state index is 9.28. The largest absolute Gasteiger partial charge is 0.380 e. The van der Waals surface area contributed by atoms with Gasteiger partial charge in [-0.05, 0) is 17.9 Å². The van der Waals surface area contributed by atoms with Gasteiger partial charge in [0.2, 0.25) is 0 Å². The Labute approximate surface area is 77.1 Å². The zero-order valence-electron chi connectivity index (χ0n) is 7.08. The third-order valence-corrected chi connectivity index (χ3v) is 2.15. The Bertz CT molecular complexity index is 266. The average Bonchev–Trinajstić information content (AvgIpc) is 2.53. The maximum Gasteiger partial charge on any atom is 0.115 e. The SMILES string of the molecule is CCC[C@@H](O)C#Cc1ccsc1. The molecule has 0 aliphatic rings. The van der Waals surface area contributed by atoms with Gasteiger partial charge in [0.15, 0.2) is 0 Å². The van der Waals surface area contributed by atoms with Crippen LogP contribution in [0.1, 0.15) is 25.3 Å². The van der Waals surface area contributed by atoms with Crippen molar-refractivity contribution in [3.8, 4) is 11.8 Å². The highest BCUT2D eigenvalue weighted by Gasteiger charge is 1.94. The second-order valence-corrected chi connectivity index (χ2v) is 3.37. The monoisotopic (exact) mass is 180 g/mol. The van der Waals surface area contributed by atoms with E-state index < -0.39 is 6.10 Å². The van der Waals surface area contributed by atoms with E-state index in [0.29, 0.717) is 0 Å². The predicted molar refractivity (Wildman–Crippen MR) is 52.1 cm³/mol. The molecular weight excluding hydrogens is 168 g/mol. The van der Waals surface area contributed by atoms with Gasteiger partial charge in [0.25, 0.3) is 0 Å². The molecule has 0 bridgehead atoms. The molecule has 1 rings (SSSR count). The van der Waals surface area contributed by atoms with Crippen LogP contribution in [0.25, 0.3) is 0 Å². The topological polar surface area (TPSA) is 20.2 Å². The molecule has 1 N–H and O–H groups in total. The quantitative estimate of drug-likeness (QED) is 0.692. The van der Waals surface area contributed by atoms with Crippen molar-refractivity contribution in [1.82, 2.24) is 0 Å². The fourth-order valence-corrected chi connectivity index (χ4v) is 1.44. The Morgan fingerprint density at radius 3 is 3.08 bits per heavy atom. The maximum atomic E-state index is 9.28. The van der Waals surface area contributed by atoms with Gasteiger partial charge in [0.05, 0.1) is 0 Å². The summed E-state index contributed by atoms with van der Waals surface area (Å²) in [4.78, 5) is 0. The molecule has 2 heteroatoms. The Morgan fingerprint density at radius 2 is 2.50 bits per heavy atom. The molecule has 0 amide bonds. The summed E-state index contributed by atoms with van der Waals surface area (Å²) in [6.07, 6.45) is 1.27. The van der Waals surface area contributed by atoms with Gasteiger partial charge in [-0.2, -0.15) is 11.3 Å². The lowest BCUT2D eigenvalue weighted by Crippen LogP contribution is -2.00. The van der Waals surface area contributed by atoms with Crippen LogP contribution in [0, 0.1) is 11.8 Å². The number of rotatable bonds is 2. The van der Waals surface area contributed by atoms with Crippen molar-refractivity contribution in [2.45, 2.75) is 25.9 Å². The first-order valence-corrected chi connectivity index (χ1v) is 4.99. The molecule has 0 aliphatic heterocycles. The van der Waals surface area contributed by atoms with Gasteiger partial charge in [0, 0.05) is 10.9 Å². The van der Waals surface area contributed by atoms with Crippen LogP contribution in [0.2, 0.25) is 0 Å². The Hall–Kier alpha value is -0.780. The van der Waals surface area contributed by atoms with Gasteiger partial charge >= 0.3 is 0 Å². The number of hydrogen-bond donors (Lipinski definition) is 1. The lowest BCUT2D eigenvalue weighted by molar-refractivity contribution is 0.221. The lowest BCUT2D eigenvalue weighted by Gasteiger charge is -1.96. The van der Waals surface area contributed by atoms with E-state index in [4.69, 9.17) is 0 Å². The van der Waals surface area contributed by atoms with Crippen molar-refractivity contribution in [3.05, 3.63) is 22.4 Å². The Balaban J connectivity index is 2.48. The molecule has 0 radical (unpaired) electrons. The van der Waals surface area contributed by atoms with Gasteiger partial charge in [-0.1, -0.05) is 25.2 Å². The molecule has 0 aromatic carbocycles. The zero-order chi connectivity index (χ0) is 8.81. The molecule has 1 aromatic rings. The highest BCUT2D eigenvalue weighted by atomic mass is 32.1. The summed E-state index contributed by atoms with van der Waals surface area (Å²) in [5.74, 6) is 5.72. The smallest absolute Gasteiger partial charge is 0.115 e. The van der Waals surface area contributed by atoms with Gasteiger partial charge < -0.3 is 5.11 Å². The predicted octanol–water partition coefficient (Wildman–Crippen LogP) is 2.26. The van der Waals surface area contributed by atoms with E-state index in [1.54, 1.807) is 11.3 Å². The number of aliphatic hydroxyl groups excluding tert-OH is 1. The minimum Gasteiger partial charge on any atom is -0.380 e. The van der Waals surface area contributed by atoms with E-state index in [9.17, 15) is 5.11 Å². The first kappa shape index (κ1) is 9.31. The number of thiophene rings is 1. The third-order valence-electron chi connectivity index (χ3n) is 1.47. The minimum atomic E-state index is -0.463. The molecule has 0 aliphatic carbocycles. The van der Waals surface area contributed by atoms with E-state index in [1.807, 2.05) is 23.8 Å². The summed E-state index contributed by atoms with van der Waals surface area (Å²) in [5, 5.41) is 13.2.